The van der Waals surface area contributed by atoms with Crippen molar-refractivity contribution in [1.29, 1.82) is 0 Å². The van der Waals surface area contributed by atoms with E-state index < -0.39 is 0 Å². The summed E-state index contributed by atoms with van der Waals surface area (Å²) in [6, 6.07) is 15.5. The van der Waals surface area contributed by atoms with Crippen LogP contribution in [0.2, 0.25) is 0 Å². The number of allylic oxidation sites excluding steroid dienone is 1. The van der Waals surface area contributed by atoms with Gasteiger partial charge >= 0.3 is 0 Å². The predicted octanol–water partition coefficient (Wildman–Crippen LogP) is 5.73. The van der Waals surface area contributed by atoms with Gasteiger partial charge in [0.2, 0.25) is 5.95 Å². The molecule has 0 saturated carbocycles. The van der Waals surface area contributed by atoms with Gasteiger partial charge in [-0.1, -0.05) is 57.5 Å². The number of nitrogen functional groups attached to an aromatic ring is 1. The van der Waals surface area contributed by atoms with Crippen LogP contribution in [-0.2, 0) is 6.54 Å². The quantitative estimate of drug-likeness (QED) is 0.192. The fraction of sp³-hybridized carbons (Fsp3) is 0.438. The number of nitrogens with two attached hydrogens (primary N) is 1. The molecule has 0 amide bonds. The molecular weight excluding hydrogens is 500 g/mol. The molecule has 5 rings (SSSR count). The van der Waals surface area contributed by atoms with E-state index in [0.29, 0.717) is 24.4 Å². The van der Waals surface area contributed by atoms with Crippen molar-refractivity contribution >= 4 is 39.3 Å². The van der Waals surface area contributed by atoms with Gasteiger partial charge in [-0.3, -0.25) is 0 Å². The standard InChI is InChI=1S/C32H42N6O2/c1-5-9-25(19-39)35-31-30-29(36-32(33)37-31)26-12-6-7-13-27(26)38(30)18-23-16-22(14-15-28(23)40-4)21-10-8-11-24(17-21)34-20(2)3/h6-7,12-17,20,24-25,34,39H,5,8-11,18-19H2,1-4H3,(H3,33,35,36,37)/t24?,25-/m0/s1. The Balaban J connectivity index is 1.62. The van der Waals surface area contributed by atoms with Crippen molar-refractivity contribution in [3.05, 3.63) is 59.7 Å². The Bertz CT molecular complexity index is 1510. The normalized spacial score (nSPS) is 16.4. The number of aromatic nitrogens is 3. The Morgan fingerprint density at radius 2 is 2.00 bits per heavy atom. The maximum absolute atomic E-state index is 10.0. The van der Waals surface area contributed by atoms with E-state index >= 15 is 0 Å². The second-order valence-corrected chi connectivity index (χ2v) is 11.1. The van der Waals surface area contributed by atoms with Crippen molar-refractivity contribution < 1.29 is 9.84 Å². The van der Waals surface area contributed by atoms with Crippen LogP contribution >= 0.6 is 0 Å². The molecule has 0 spiro atoms. The summed E-state index contributed by atoms with van der Waals surface area (Å²) in [5.41, 5.74) is 12.6. The van der Waals surface area contributed by atoms with Crippen molar-refractivity contribution in [3.63, 3.8) is 0 Å². The van der Waals surface area contributed by atoms with Crippen LogP contribution in [0.3, 0.4) is 0 Å². The van der Waals surface area contributed by atoms with E-state index in [1.165, 1.54) is 17.6 Å². The molecule has 1 unspecified atom stereocenters. The minimum atomic E-state index is -0.127. The number of ether oxygens (including phenoxy) is 1. The molecule has 2 aromatic carbocycles. The zero-order valence-corrected chi connectivity index (χ0v) is 24.1. The van der Waals surface area contributed by atoms with Crippen LogP contribution < -0.4 is 21.1 Å². The van der Waals surface area contributed by atoms with Gasteiger partial charge in [0.05, 0.1) is 31.8 Å². The maximum Gasteiger partial charge on any atom is 0.222 e. The van der Waals surface area contributed by atoms with Crippen molar-refractivity contribution in [2.45, 2.75) is 77.5 Å². The molecule has 0 radical (unpaired) electrons. The average Bonchev–Trinajstić information content (AvgIpc) is 3.25. The number of benzene rings is 2. The SMILES string of the molecule is CCC[C@@H](CO)Nc1nc(N)nc2c3ccccc3n(Cc3cc(C4=CC(NC(C)C)CCC4)ccc3OC)c12. The van der Waals surface area contributed by atoms with E-state index in [-0.39, 0.29) is 18.6 Å². The smallest absolute Gasteiger partial charge is 0.222 e. The lowest BCUT2D eigenvalue weighted by molar-refractivity contribution is 0.268. The van der Waals surface area contributed by atoms with Gasteiger partial charge in [-0.05, 0) is 55.0 Å². The van der Waals surface area contributed by atoms with E-state index in [0.717, 1.165) is 58.9 Å². The number of anilines is 2. The van der Waals surface area contributed by atoms with Gasteiger partial charge in [-0.15, -0.1) is 0 Å². The molecule has 212 valence electrons. The minimum absolute atomic E-state index is 0.0110. The van der Waals surface area contributed by atoms with Crippen LogP contribution in [-0.4, -0.2) is 51.5 Å². The Hall–Kier alpha value is -3.62. The summed E-state index contributed by atoms with van der Waals surface area (Å²) in [6.45, 7) is 7.08. The van der Waals surface area contributed by atoms with Gasteiger partial charge in [-0.25, -0.2) is 4.98 Å². The van der Waals surface area contributed by atoms with Gasteiger partial charge in [0.1, 0.15) is 16.8 Å². The van der Waals surface area contributed by atoms with E-state index in [9.17, 15) is 5.11 Å². The highest BCUT2D eigenvalue weighted by molar-refractivity contribution is 6.09. The molecule has 0 fully saturated rings. The lowest BCUT2D eigenvalue weighted by Crippen LogP contribution is -2.34. The first-order chi connectivity index (χ1) is 19.4. The number of rotatable bonds is 11. The van der Waals surface area contributed by atoms with Crippen LogP contribution in [0.4, 0.5) is 11.8 Å². The largest absolute Gasteiger partial charge is 0.496 e. The Kier molecular flexibility index (Phi) is 8.57. The van der Waals surface area contributed by atoms with Gasteiger partial charge in [-0.2, -0.15) is 4.98 Å². The zero-order chi connectivity index (χ0) is 28.2. The molecule has 5 N–H and O–H groups in total. The molecule has 40 heavy (non-hydrogen) atoms. The van der Waals surface area contributed by atoms with Crippen LogP contribution in [0.15, 0.2) is 48.5 Å². The molecule has 0 saturated heterocycles. The van der Waals surface area contributed by atoms with Gasteiger partial charge in [0.25, 0.3) is 0 Å². The molecule has 2 atom stereocenters. The highest BCUT2D eigenvalue weighted by atomic mass is 16.5. The molecule has 2 heterocycles. The molecule has 0 bridgehead atoms. The third-order valence-electron chi connectivity index (χ3n) is 7.71. The van der Waals surface area contributed by atoms with Gasteiger partial charge < -0.3 is 30.8 Å². The molecule has 0 aliphatic heterocycles. The first kappa shape index (κ1) is 27.9. The Labute approximate surface area is 236 Å². The maximum atomic E-state index is 10.0. The second-order valence-electron chi connectivity index (χ2n) is 11.1. The van der Waals surface area contributed by atoms with Crippen LogP contribution in [0.5, 0.6) is 5.75 Å². The van der Waals surface area contributed by atoms with Gasteiger partial charge in [0, 0.05) is 23.0 Å². The fourth-order valence-electron chi connectivity index (χ4n) is 5.96. The number of aliphatic hydroxyl groups is 1. The summed E-state index contributed by atoms with van der Waals surface area (Å²) >= 11 is 0. The van der Waals surface area contributed by atoms with Crippen molar-refractivity contribution in [3.8, 4) is 5.75 Å². The molecule has 2 aromatic heterocycles. The summed E-state index contributed by atoms with van der Waals surface area (Å²) in [7, 11) is 1.72. The number of para-hydroxylation sites is 1. The Morgan fingerprint density at radius 3 is 2.75 bits per heavy atom. The summed E-state index contributed by atoms with van der Waals surface area (Å²) in [5, 5.41) is 18.2. The lowest BCUT2D eigenvalue weighted by Gasteiger charge is -2.25. The monoisotopic (exact) mass is 542 g/mol. The molecule has 8 heteroatoms. The third-order valence-corrected chi connectivity index (χ3v) is 7.71. The predicted molar refractivity (Wildman–Crippen MR) is 165 cm³/mol. The average molecular weight is 543 g/mol. The number of fused-ring (bicyclic) bond motifs is 3. The van der Waals surface area contributed by atoms with Crippen LogP contribution in [0, 0.1) is 0 Å². The lowest BCUT2D eigenvalue weighted by atomic mass is 9.90. The number of methoxy groups -OCH3 is 1. The Morgan fingerprint density at radius 1 is 1.18 bits per heavy atom. The van der Waals surface area contributed by atoms with Crippen molar-refractivity contribution in [2.24, 2.45) is 0 Å². The first-order valence-corrected chi connectivity index (χ1v) is 14.5. The van der Waals surface area contributed by atoms with E-state index in [4.69, 9.17) is 10.5 Å². The van der Waals surface area contributed by atoms with Crippen molar-refractivity contribution in [1.82, 2.24) is 19.9 Å². The summed E-state index contributed by atoms with van der Waals surface area (Å²) in [5.74, 6) is 1.69. The van der Waals surface area contributed by atoms with Gasteiger partial charge in [0.15, 0.2) is 5.82 Å². The fourth-order valence-corrected chi connectivity index (χ4v) is 5.96. The molecule has 4 aromatic rings. The minimum Gasteiger partial charge on any atom is -0.496 e. The number of hydrogen-bond donors (Lipinski definition) is 4. The molecule has 8 nitrogen and oxygen atoms in total. The van der Waals surface area contributed by atoms with Crippen LogP contribution in [0.25, 0.3) is 27.5 Å². The summed E-state index contributed by atoms with van der Waals surface area (Å²) in [4.78, 5) is 9.28. The van der Waals surface area contributed by atoms with E-state index in [1.807, 2.05) is 12.1 Å². The van der Waals surface area contributed by atoms with E-state index in [2.05, 4.69) is 82.3 Å². The van der Waals surface area contributed by atoms with Crippen LogP contribution in [0.1, 0.15) is 64.0 Å². The molecule has 1 aliphatic carbocycles. The number of aliphatic hydroxyl groups excluding tert-OH is 1. The second kappa shape index (κ2) is 12.3. The first-order valence-electron chi connectivity index (χ1n) is 14.5. The highest BCUT2D eigenvalue weighted by Crippen LogP contribution is 2.36. The topological polar surface area (TPSA) is 110 Å². The molecular formula is C32H42N6O2. The van der Waals surface area contributed by atoms with Crippen molar-refractivity contribution in [2.75, 3.05) is 24.8 Å². The third kappa shape index (κ3) is 5.78. The number of nitrogens with one attached hydrogen (secondary N) is 2. The highest BCUT2D eigenvalue weighted by Gasteiger charge is 2.22. The van der Waals surface area contributed by atoms with E-state index in [1.54, 1.807) is 7.11 Å². The zero-order valence-electron chi connectivity index (χ0n) is 24.1. The molecule has 1 aliphatic rings. The summed E-state index contributed by atoms with van der Waals surface area (Å²) in [6.07, 6.45) is 7.56. The number of nitrogens with zero attached hydrogens (tertiary/aromatic N) is 3. The number of hydrogen-bond acceptors (Lipinski definition) is 7. The summed E-state index contributed by atoms with van der Waals surface area (Å²) < 4.78 is 8.10.